The Morgan fingerprint density at radius 3 is 3.00 bits per heavy atom. The average molecular weight is 142 g/mol. The lowest BCUT2D eigenvalue weighted by atomic mass is 10.0. The second kappa shape index (κ2) is 3.17. The summed E-state index contributed by atoms with van der Waals surface area (Å²) in [6, 6.07) is -0.889. The SMILES string of the molecule is [B]C1OC(COC)C=C1F. The van der Waals surface area contributed by atoms with Crippen LogP contribution in [0.2, 0.25) is 0 Å². The van der Waals surface area contributed by atoms with Crippen LogP contribution in [-0.4, -0.2) is 33.7 Å². The van der Waals surface area contributed by atoms with Crippen LogP contribution < -0.4 is 0 Å². The summed E-state index contributed by atoms with van der Waals surface area (Å²) in [4.78, 5) is 0. The van der Waals surface area contributed by atoms with Gasteiger partial charge in [0.05, 0.1) is 12.6 Å². The molecule has 0 amide bonds. The van der Waals surface area contributed by atoms with E-state index in [1.807, 2.05) is 0 Å². The standard InChI is InChI=1S/C6H8BFO2/c1-9-3-4-2-5(8)6(7)10-4/h2,4,6H,3H2,1H3. The van der Waals surface area contributed by atoms with Crippen LogP contribution in [0.3, 0.4) is 0 Å². The first-order chi connectivity index (χ1) is 4.74. The summed E-state index contributed by atoms with van der Waals surface area (Å²) in [5.41, 5.74) is 0. The third kappa shape index (κ3) is 1.58. The molecule has 0 aliphatic carbocycles. The van der Waals surface area contributed by atoms with E-state index in [0.717, 1.165) is 0 Å². The second-order valence-corrected chi connectivity index (χ2v) is 2.10. The maximum Gasteiger partial charge on any atom is 0.118 e. The highest BCUT2D eigenvalue weighted by Gasteiger charge is 2.22. The molecule has 0 N–H and O–H groups in total. The number of methoxy groups -OCH3 is 1. The Morgan fingerprint density at radius 1 is 1.90 bits per heavy atom. The number of halogens is 1. The predicted octanol–water partition coefficient (Wildman–Crippen LogP) is 0.380. The molecule has 1 rings (SSSR count). The molecule has 1 aliphatic rings. The van der Waals surface area contributed by atoms with Crippen LogP contribution in [0.1, 0.15) is 0 Å². The molecule has 0 saturated heterocycles. The van der Waals surface area contributed by atoms with Crippen LogP contribution in [0.15, 0.2) is 11.9 Å². The van der Waals surface area contributed by atoms with Crippen LogP contribution in [0.5, 0.6) is 0 Å². The highest BCUT2D eigenvalue weighted by Crippen LogP contribution is 2.18. The maximum absolute atomic E-state index is 12.4. The molecule has 0 aromatic rings. The first-order valence-corrected chi connectivity index (χ1v) is 3.01. The Morgan fingerprint density at radius 2 is 2.60 bits per heavy atom. The van der Waals surface area contributed by atoms with Crippen molar-refractivity contribution in [3.05, 3.63) is 11.9 Å². The van der Waals surface area contributed by atoms with Crippen LogP contribution in [0.25, 0.3) is 0 Å². The van der Waals surface area contributed by atoms with Gasteiger partial charge in [-0.3, -0.25) is 0 Å². The average Bonchev–Trinajstić information content (AvgIpc) is 2.14. The Hall–Kier alpha value is -0.345. The molecule has 1 heterocycles. The van der Waals surface area contributed by atoms with Crippen molar-refractivity contribution < 1.29 is 13.9 Å². The monoisotopic (exact) mass is 142 g/mol. The van der Waals surface area contributed by atoms with E-state index in [-0.39, 0.29) is 6.10 Å². The van der Waals surface area contributed by atoms with Gasteiger partial charge in [0.2, 0.25) is 0 Å². The van der Waals surface area contributed by atoms with Gasteiger partial charge in [-0.25, -0.2) is 4.39 Å². The molecule has 0 aromatic heterocycles. The van der Waals surface area contributed by atoms with Crippen LogP contribution in [0, 0.1) is 0 Å². The molecule has 2 nitrogen and oxygen atoms in total. The molecule has 1 aliphatic heterocycles. The maximum atomic E-state index is 12.4. The molecule has 54 valence electrons. The fourth-order valence-corrected chi connectivity index (χ4v) is 0.817. The number of ether oxygens (including phenoxy) is 2. The van der Waals surface area contributed by atoms with Gasteiger partial charge in [0.25, 0.3) is 0 Å². The lowest BCUT2D eigenvalue weighted by Gasteiger charge is -2.08. The predicted molar refractivity (Wildman–Crippen MR) is 35.5 cm³/mol. The number of hydrogen-bond donors (Lipinski definition) is 0. The fourth-order valence-electron chi connectivity index (χ4n) is 0.817. The summed E-state index contributed by atoms with van der Waals surface area (Å²) in [5.74, 6) is -0.415. The molecule has 4 heteroatoms. The van der Waals surface area contributed by atoms with E-state index in [2.05, 4.69) is 0 Å². The van der Waals surface area contributed by atoms with Crippen molar-refractivity contribution in [2.24, 2.45) is 0 Å². The van der Waals surface area contributed by atoms with Crippen molar-refractivity contribution in [2.75, 3.05) is 13.7 Å². The lowest BCUT2D eigenvalue weighted by Crippen LogP contribution is -2.17. The van der Waals surface area contributed by atoms with Gasteiger partial charge in [-0.2, -0.15) is 0 Å². The minimum atomic E-state index is -0.889. The summed E-state index contributed by atoms with van der Waals surface area (Å²) in [7, 11) is 6.70. The first-order valence-electron chi connectivity index (χ1n) is 3.01. The molecule has 0 bridgehead atoms. The van der Waals surface area contributed by atoms with E-state index in [4.69, 9.17) is 17.3 Å². The van der Waals surface area contributed by atoms with Gasteiger partial charge in [0, 0.05) is 7.11 Å². The number of hydrogen-bond acceptors (Lipinski definition) is 2. The molecule has 0 aromatic carbocycles. The smallest absolute Gasteiger partial charge is 0.118 e. The summed E-state index contributed by atoms with van der Waals surface area (Å²) in [6.45, 7) is 0.348. The largest absolute Gasteiger partial charge is 0.382 e. The van der Waals surface area contributed by atoms with Gasteiger partial charge in [0.15, 0.2) is 0 Å². The number of rotatable bonds is 2. The van der Waals surface area contributed by atoms with Crippen LogP contribution >= 0.6 is 0 Å². The van der Waals surface area contributed by atoms with Gasteiger partial charge in [-0.15, -0.1) is 0 Å². The van der Waals surface area contributed by atoms with Crippen molar-refractivity contribution >= 4 is 7.85 Å². The Balaban J connectivity index is 2.40. The minimum Gasteiger partial charge on any atom is -0.382 e. The van der Waals surface area contributed by atoms with Gasteiger partial charge in [-0.05, 0) is 6.08 Å². The topological polar surface area (TPSA) is 18.5 Å². The van der Waals surface area contributed by atoms with Crippen molar-refractivity contribution in [1.82, 2.24) is 0 Å². The molecule has 2 radical (unpaired) electrons. The van der Waals surface area contributed by atoms with E-state index < -0.39 is 11.8 Å². The van der Waals surface area contributed by atoms with Crippen molar-refractivity contribution in [2.45, 2.75) is 12.1 Å². The highest BCUT2D eigenvalue weighted by molar-refractivity contribution is 6.12. The van der Waals surface area contributed by atoms with E-state index in [1.54, 1.807) is 0 Å². The van der Waals surface area contributed by atoms with E-state index in [1.165, 1.54) is 13.2 Å². The highest BCUT2D eigenvalue weighted by atomic mass is 19.1. The summed E-state index contributed by atoms with van der Waals surface area (Å²) >= 11 is 0. The van der Waals surface area contributed by atoms with Gasteiger partial charge in [-0.1, -0.05) is 0 Å². The molecule has 0 spiro atoms. The van der Waals surface area contributed by atoms with Crippen molar-refractivity contribution in [3.8, 4) is 0 Å². The molecule has 0 fully saturated rings. The van der Waals surface area contributed by atoms with Crippen molar-refractivity contribution in [3.63, 3.8) is 0 Å². The molecule has 0 saturated carbocycles. The van der Waals surface area contributed by atoms with Gasteiger partial charge < -0.3 is 9.47 Å². The summed E-state index contributed by atoms with van der Waals surface area (Å²) in [5, 5.41) is 0. The van der Waals surface area contributed by atoms with Gasteiger partial charge in [0.1, 0.15) is 19.8 Å². The third-order valence-corrected chi connectivity index (χ3v) is 1.27. The van der Waals surface area contributed by atoms with E-state index in [0.29, 0.717) is 6.61 Å². The van der Waals surface area contributed by atoms with Gasteiger partial charge >= 0.3 is 0 Å². The van der Waals surface area contributed by atoms with Crippen molar-refractivity contribution in [1.29, 1.82) is 0 Å². The Labute approximate surface area is 60.4 Å². The lowest BCUT2D eigenvalue weighted by molar-refractivity contribution is 0.0337. The zero-order valence-electron chi connectivity index (χ0n) is 5.71. The van der Waals surface area contributed by atoms with Crippen LogP contribution in [-0.2, 0) is 9.47 Å². The zero-order valence-corrected chi connectivity index (χ0v) is 5.71. The first kappa shape index (κ1) is 7.76. The molecule has 2 atom stereocenters. The zero-order chi connectivity index (χ0) is 7.56. The van der Waals surface area contributed by atoms with E-state index >= 15 is 0 Å². The second-order valence-electron chi connectivity index (χ2n) is 2.10. The molecular formula is C6H8BFO2. The molecule has 10 heavy (non-hydrogen) atoms. The summed E-state index contributed by atoms with van der Waals surface area (Å²) in [6.07, 6.45) is 1.01. The fraction of sp³-hybridized carbons (Fsp3) is 0.667. The van der Waals surface area contributed by atoms with Crippen LogP contribution in [0.4, 0.5) is 4.39 Å². The Bertz CT molecular complexity index is 149. The Kier molecular flexibility index (Phi) is 2.46. The minimum absolute atomic E-state index is 0.319. The van der Waals surface area contributed by atoms with E-state index in [9.17, 15) is 4.39 Å². The normalized spacial score (nSPS) is 32.4. The molecular weight excluding hydrogens is 134 g/mol. The third-order valence-electron chi connectivity index (χ3n) is 1.27. The molecule has 2 unspecified atom stereocenters. The summed E-state index contributed by atoms with van der Waals surface area (Å²) < 4.78 is 22.1. The quantitative estimate of drug-likeness (QED) is 0.519.